The number of nitrogens with zero attached hydrogens (tertiary/aromatic N) is 1. The van der Waals surface area contributed by atoms with Crippen molar-refractivity contribution in [2.24, 2.45) is 0 Å². The minimum Gasteiger partial charge on any atom is -0.382 e. The van der Waals surface area contributed by atoms with Crippen molar-refractivity contribution in [1.82, 2.24) is 4.98 Å². The highest BCUT2D eigenvalue weighted by molar-refractivity contribution is 5.29. The fraction of sp³-hybridized carbons (Fsp3) is 0.154. The summed E-state index contributed by atoms with van der Waals surface area (Å²) in [6.07, 6.45) is 1.07. The molecule has 0 unspecified atom stereocenters. The number of hydrogen-bond acceptors (Lipinski definition) is 2. The number of benzene rings is 1. The van der Waals surface area contributed by atoms with Crippen molar-refractivity contribution < 1.29 is 5.11 Å². The van der Waals surface area contributed by atoms with E-state index in [9.17, 15) is 5.11 Å². The molecule has 2 nitrogen and oxygen atoms in total. The molecule has 0 saturated heterocycles. The lowest BCUT2D eigenvalue weighted by atomic mass is 10.0. The Morgan fingerprint density at radius 1 is 1.07 bits per heavy atom. The van der Waals surface area contributed by atoms with Gasteiger partial charge in [0.25, 0.3) is 0 Å². The molecule has 0 fully saturated rings. The molecule has 15 heavy (non-hydrogen) atoms. The van der Waals surface area contributed by atoms with Gasteiger partial charge in [-0.15, -0.1) is 0 Å². The molecular formula is C13H13NO. The molecule has 1 aromatic carbocycles. The van der Waals surface area contributed by atoms with Gasteiger partial charge in [0.1, 0.15) is 6.10 Å². The monoisotopic (exact) mass is 199 g/mol. The summed E-state index contributed by atoms with van der Waals surface area (Å²) < 4.78 is 0. The fourth-order valence-corrected chi connectivity index (χ4v) is 1.58. The molecule has 0 bridgehead atoms. The van der Waals surface area contributed by atoms with Crippen LogP contribution in [-0.2, 0) is 0 Å². The van der Waals surface area contributed by atoms with Crippen LogP contribution in [0.2, 0.25) is 0 Å². The number of pyridine rings is 1. The van der Waals surface area contributed by atoms with Gasteiger partial charge in [-0.05, 0) is 24.1 Å². The van der Waals surface area contributed by atoms with E-state index < -0.39 is 6.10 Å². The molecule has 0 aliphatic heterocycles. The van der Waals surface area contributed by atoms with Gasteiger partial charge in [-0.1, -0.05) is 36.4 Å². The molecule has 0 saturated carbocycles. The van der Waals surface area contributed by atoms with Crippen LogP contribution in [0.15, 0.2) is 48.7 Å². The van der Waals surface area contributed by atoms with Crippen LogP contribution >= 0.6 is 0 Å². The van der Waals surface area contributed by atoms with E-state index in [1.807, 2.05) is 49.4 Å². The van der Waals surface area contributed by atoms with Crippen LogP contribution in [0.1, 0.15) is 22.9 Å². The Morgan fingerprint density at radius 2 is 1.80 bits per heavy atom. The van der Waals surface area contributed by atoms with Gasteiger partial charge >= 0.3 is 0 Å². The van der Waals surface area contributed by atoms with E-state index >= 15 is 0 Å². The van der Waals surface area contributed by atoms with Gasteiger partial charge in [-0.2, -0.15) is 0 Å². The Morgan fingerprint density at radius 3 is 2.47 bits per heavy atom. The molecular weight excluding hydrogens is 186 g/mol. The molecule has 0 radical (unpaired) electrons. The predicted molar refractivity (Wildman–Crippen MR) is 59.5 cm³/mol. The number of aliphatic hydroxyl groups is 1. The zero-order valence-corrected chi connectivity index (χ0v) is 8.59. The van der Waals surface area contributed by atoms with Crippen molar-refractivity contribution >= 4 is 0 Å². The third kappa shape index (κ3) is 2.05. The van der Waals surface area contributed by atoms with Crippen LogP contribution in [0, 0.1) is 6.92 Å². The predicted octanol–water partition coefficient (Wildman–Crippen LogP) is 2.47. The fourth-order valence-electron chi connectivity index (χ4n) is 1.58. The Labute approximate surface area is 89.2 Å². The maximum Gasteiger partial charge on any atom is 0.121 e. The Kier molecular flexibility index (Phi) is 2.79. The zero-order valence-electron chi connectivity index (χ0n) is 8.59. The molecule has 0 spiro atoms. The lowest BCUT2D eigenvalue weighted by molar-refractivity contribution is 0.214. The molecule has 76 valence electrons. The summed E-state index contributed by atoms with van der Waals surface area (Å²) in [6, 6.07) is 13.4. The van der Waals surface area contributed by atoms with Gasteiger partial charge in [0.2, 0.25) is 0 Å². The van der Waals surface area contributed by atoms with Gasteiger partial charge in [0.05, 0.1) is 5.69 Å². The van der Waals surface area contributed by atoms with Gasteiger partial charge in [-0.3, -0.25) is 4.98 Å². The Balaban J connectivity index is 2.37. The lowest BCUT2D eigenvalue weighted by Gasteiger charge is -2.12. The second-order valence-corrected chi connectivity index (χ2v) is 3.52. The van der Waals surface area contributed by atoms with Crippen molar-refractivity contribution in [3.8, 4) is 0 Å². The molecule has 1 N–H and O–H groups in total. The van der Waals surface area contributed by atoms with Crippen molar-refractivity contribution in [3.63, 3.8) is 0 Å². The molecule has 1 atom stereocenters. The van der Waals surface area contributed by atoms with Gasteiger partial charge in [0, 0.05) is 6.20 Å². The third-order valence-electron chi connectivity index (χ3n) is 2.42. The Bertz CT molecular complexity index is 439. The highest BCUT2D eigenvalue weighted by Crippen LogP contribution is 2.21. The van der Waals surface area contributed by atoms with Crippen LogP contribution in [-0.4, -0.2) is 10.1 Å². The molecule has 0 aliphatic carbocycles. The number of aromatic nitrogens is 1. The first-order chi connectivity index (χ1) is 7.29. The number of aryl methyl sites for hydroxylation is 1. The summed E-state index contributed by atoms with van der Waals surface area (Å²) in [6.45, 7) is 1.95. The molecule has 2 aromatic rings. The quantitative estimate of drug-likeness (QED) is 0.806. The maximum absolute atomic E-state index is 10.1. The van der Waals surface area contributed by atoms with Crippen molar-refractivity contribution in [2.45, 2.75) is 13.0 Å². The first-order valence-electron chi connectivity index (χ1n) is 4.93. The van der Waals surface area contributed by atoms with E-state index in [4.69, 9.17) is 0 Å². The summed E-state index contributed by atoms with van der Waals surface area (Å²) in [4.78, 5) is 4.20. The van der Waals surface area contributed by atoms with E-state index in [0.717, 1.165) is 16.8 Å². The zero-order chi connectivity index (χ0) is 10.7. The normalized spacial score (nSPS) is 12.4. The van der Waals surface area contributed by atoms with E-state index in [1.54, 1.807) is 6.20 Å². The van der Waals surface area contributed by atoms with Gasteiger partial charge in [-0.25, -0.2) is 0 Å². The summed E-state index contributed by atoms with van der Waals surface area (Å²) in [7, 11) is 0. The van der Waals surface area contributed by atoms with Crippen LogP contribution in [0.5, 0.6) is 0 Å². The minimum atomic E-state index is -0.632. The molecule has 1 aromatic heterocycles. The smallest absolute Gasteiger partial charge is 0.121 e. The van der Waals surface area contributed by atoms with E-state index in [1.165, 1.54) is 0 Å². The standard InChI is InChI=1S/C13H13NO/c1-10-6-5-9-14-12(10)13(15)11-7-3-2-4-8-11/h2-9,13,15H,1H3/t13-/m1/s1. The third-order valence-corrected chi connectivity index (χ3v) is 2.42. The molecule has 0 amide bonds. The number of hydrogen-bond donors (Lipinski definition) is 1. The average molecular weight is 199 g/mol. The van der Waals surface area contributed by atoms with Crippen molar-refractivity contribution in [2.75, 3.05) is 0 Å². The second-order valence-electron chi connectivity index (χ2n) is 3.52. The van der Waals surface area contributed by atoms with Crippen LogP contribution in [0.25, 0.3) is 0 Å². The van der Waals surface area contributed by atoms with E-state index in [0.29, 0.717) is 0 Å². The number of rotatable bonds is 2. The van der Waals surface area contributed by atoms with E-state index in [2.05, 4.69) is 4.98 Å². The van der Waals surface area contributed by atoms with Crippen LogP contribution in [0.4, 0.5) is 0 Å². The van der Waals surface area contributed by atoms with Gasteiger partial charge < -0.3 is 5.11 Å². The van der Waals surface area contributed by atoms with Crippen molar-refractivity contribution in [3.05, 3.63) is 65.5 Å². The van der Waals surface area contributed by atoms with E-state index in [-0.39, 0.29) is 0 Å². The second kappa shape index (κ2) is 4.24. The first kappa shape index (κ1) is 9.87. The number of aliphatic hydroxyl groups excluding tert-OH is 1. The first-order valence-corrected chi connectivity index (χ1v) is 4.93. The summed E-state index contributed by atoms with van der Waals surface area (Å²) in [5.74, 6) is 0. The minimum absolute atomic E-state index is 0.632. The Hall–Kier alpha value is -1.67. The summed E-state index contributed by atoms with van der Waals surface area (Å²) in [5.41, 5.74) is 2.61. The molecule has 0 aliphatic rings. The summed E-state index contributed by atoms with van der Waals surface area (Å²) in [5, 5.41) is 10.1. The van der Waals surface area contributed by atoms with Gasteiger partial charge in [0.15, 0.2) is 0 Å². The maximum atomic E-state index is 10.1. The highest BCUT2D eigenvalue weighted by Gasteiger charge is 2.12. The largest absolute Gasteiger partial charge is 0.382 e. The summed E-state index contributed by atoms with van der Waals surface area (Å²) >= 11 is 0. The van der Waals surface area contributed by atoms with Crippen LogP contribution in [0.3, 0.4) is 0 Å². The average Bonchev–Trinajstić information content (AvgIpc) is 2.30. The highest BCUT2D eigenvalue weighted by atomic mass is 16.3. The van der Waals surface area contributed by atoms with Crippen LogP contribution < -0.4 is 0 Å². The topological polar surface area (TPSA) is 33.1 Å². The lowest BCUT2D eigenvalue weighted by Crippen LogP contribution is -2.04. The van der Waals surface area contributed by atoms with Crippen molar-refractivity contribution in [1.29, 1.82) is 0 Å². The molecule has 2 rings (SSSR count). The SMILES string of the molecule is Cc1cccnc1[C@H](O)c1ccccc1. The molecule has 2 heteroatoms. The molecule has 1 heterocycles.